The number of hydrogen-bond donors (Lipinski definition) is 2. The molecule has 3 aromatic rings. The Morgan fingerprint density at radius 1 is 1.20 bits per heavy atom. The summed E-state index contributed by atoms with van der Waals surface area (Å²) in [6.45, 7) is 0.292. The van der Waals surface area contributed by atoms with Crippen molar-refractivity contribution in [3.63, 3.8) is 0 Å². The molecular weight excluding hydrogens is 386 g/mol. The van der Waals surface area contributed by atoms with Gasteiger partial charge in [-0.1, -0.05) is 12.1 Å². The van der Waals surface area contributed by atoms with E-state index in [1.54, 1.807) is 41.2 Å². The van der Waals surface area contributed by atoms with Gasteiger partial charge in [0.15, 0.2) is 18.1 Å². The molecular formula is C21H21N5O4. The molecule has 0 aliphatic carbocycles. The van der Waals surface area contributed by atoms with E-state index in [1.165, 1.54) is 13.3 Å². The van der Waals surface area contributed by atoms with Crippen molar-refractivity contribution in [2.75, 3.05) is 13.7 Å². The van der Waals surface area contributed by atoms with Crippen molar-refractivity contribution >= 4 is 18.0 Å². The average Bonchev–Trinajstić information content (AvgIpc) is 3.25. The Hall–Kier alpha value is -4.14. The third-order valence-corrected chi connectivity index (χ3v) is 4.03. The number of carbonyl (C=O) groups is 2. The first kappa shape index (κ1) is 20.6. The van der Waals surface area contributed by atoms with Crippen LogP contribution in [0.25, 0.3) is 0 Å². The summed E-state index contributed by atoms with van der Waals surface area (Å²) in [5.74, 6) is -0.144. The standard InChI is InChI=1S/C21H21N5O4/c1-29-18-7-6-15(11-19(18)30-14-20(22)27)12-23-25-21(28)17-5-2-4-16(10-17)13-26-9-3-8-24-26/h2-12H,13-14H2,1H3,(H2,22,27)(H,25,28)/b23-12+. The number of hydrazone groups is 1. The monoisotopic (exact) mass is 407 g/mol. The Kier molecular flexibility index (Phi) is 6.78. The van der Waals surface area contributed by atoms with Crippen LogP contribution in [0.2, 0.25) is 0 Å². The number of nitrogens with one attached hydrogen (secondary N) is 1. The largest absolute Gasteiger partial charge is 0.493 e. The maximum Gasteiger partial charge on any atom is 0.271 e. The summed E-state index contributed by atoms with van der Waals surface area (Å²) in [6, 6.07) is 14.1. The van der Waals surface area contributed by atoms with Crippen LogP contribution in [-0.2, 0) is 11.3 Å². The van der Waals surface area contributed by atoms with Crippen molar-refractivity contribution < 1.29 is 19.1 Å². The number of amides is 2. The molecule has 0 radical (unpaired) electrons. The lowest BCUT2D eigenvalue weighted by atomic mass is 10.1. The SMILES string of the molecule is COc1ccc(/C=N/NC(=O)c2cccc(Cn3cccn3)c2)cc1OCC(N)=O. The van der Waals surface area contributed by atoms with E-state index in [1.807, 2.05) is 24.4 Å². The highest BCUT2D eigenvalue weighted by Crippen LogP contribution is 2.27. The molecule has 0 saturated heterocycles. The highest BCUT2D eigenvalue weighted by atomic mass is 16.5. The number of hydrogen-bond acceptors (Lipinski definition) is 6. The molecule has 9 nitrogen and oxygen atoms in total. The maximum atomic E-state index is 12.4. The Bertz CT molecular complexity index is 1050. The molecule has 3 rings (SSSR count). The second-order valence-corrected chi connectivity index (χ2v) is 6.27. The fraction of sp³-hybridized carbons (Fsp3) is 0.143. The summed E-state index contributed by atoms with van der Waals surface area (Å²) in [6.07, 6.45) is 5.02. The second kappa shape index (κ2) is 9.87. The lowest BCUT2D eigenvalue weighted by Gasteiger charge is -2.09. The van der Waals surface area contributed by atoms with Crippen LogP contribution in [0, 0.1) is 0 Å². The molecule has 2 aromatic carbocycles. The van der Waals surface area contributed by atoms with Gasteiger partial charge in [-0.15, -0.1) is 0 Å². The lowest BCUT2D eigenvalue weighted by molar-refractivity contribution is -0.119. The molecule has 0 saturated carbocycles. The van der Waals surface area contributed by atoms with Crippen LogP contribution in [-0.4, -0.2) is 41.5 Å². The van der Waals surface area contributed by atoms with Crippen LogP contribution in [0.5, 0.6) is 11.5 Å². The molecule has 0 aliphatic rings. The molecule has 2 amide bonds. The second-order valence-electron chi connectivity index (χ2n) is 6.27. The molecule has 0 bridgehead atoms. The van der Waals surface area contributed by atoms with E-state index in [4.69, 9.17) is 15.2 Å². The number of rotatable bonds is 9. The van der Waals surface area contributed by atoms with Crippen molar-refractivity contribution in [2.45, 2.75) is 6.54 Å². The third-order valence-electron chi connectivity index (χ3n) is 4.03. The number of nitrogens with two attached hydrogens (primary N) is 1. The van der Waals surface area contributed by atoms with Crippen LogP contribution >= 0.6 is 0 Å². The fourth-order valence-electron chi connectivity index (χ4n) is 2.66. The molecule has 0 aliphatic heterocycles. The Labute approximate surface area is 173 Å². The Morgan fingerprint density at radius 2 is 2.07 bits per heavy atom. The number of primary amides is 1. The van der Waals surface area contributed by atoms with Gasteiger partial charge in [0.25, 0.3) is 11.8 Å². The summed E-state index contributed by atoms with van der Waals surface area (Å²) in [7, 11) is 1.49. The van der Waals surface area contributed by atoms with Gasteiger partial charge in [0.2, 0.25) is 0 Å². The molecule has 154 valence electrons. The summed E-state index contributed by atoms with van der Waals surface area (Å²) < 4.78 is 12.3. The summed E-state index contributed by atoms with van der Waals surface area (Å²) in [4.78, 5) is 23.3. The van der Waals surface area contributed by atoms with Gasteiger partial charge in [0.05, 0.1) is 19.9 Å². The van der Waals surface area contributed by atoms with E-state index in [0.29, 0.717) is 29.2 Å². The molecule has 30 heavy (non-hydrogen) atoms. The molecule has 3 N–H and O–H groups in total. The van der Waals surface area contributed by atoms with Gasteiger partial charge in [-0.3, -0.25) is 14.3 Å². The predicted octanol–water partition coefficient (Wildman–Crippen LogP) is 1.57. The molecule has 0 atom stereocenters. The van der Waals surface area contributed by atoms with Gasteiger partial charge in [0.1, 0.15) is 0 Å². The van der Waals surface area contributed by atoms with E-state index in [9.17, 15) is 9.59 Å². The molecule has 1 heterocycles. The smallest absolute Gasteiger partial charge is 0.271 e. The summed E-state index contributed by atoms with van der Waals surface area (Å²) in [5.41, 5.74) is 9.67. The highest BCUT2D eigenvalue weighted by Gasteiger charge is 2.08. The van der Waals surface area contributed by atoms with Gasteiger partial charge in [-0.2, -0.15) is 10.2 Å². The van der Waals surface area contributed by atoms with E-state index in [0.717, 1.165) is 5.56 Å². The molecule has 0 fully saturated rings. The van der Waals surface area contributed by atoms with Crippen molar-refractivity contribution in [2.24, 2.45) is 10.8 Å². The first-order valence-corrected chi connectivity index (χ1v) is 9.04. The van der Waals surface area contributed by atoms with E-state index >= 15 is 0 Å². The Balaban J connectivity index is 1.64. The normalized spacial score (nSPS) is 10.7. The van der Waals surface area contributed by atoms with E-state index in [2.05, 4.69) is 15.6 Å². The number of methoxy groups -OCH3 is 1. The number of nitrogens with zero attached hydrogens (tertiary/aromatic N) is 3. The maximum absolute atomic E-state index is 12.4. The number of carbonyl (C=O) groups excluding carboxylic acids is 2. The molecule has 0 spiro atoms. The molecule has 1 aromatic heterocycles. The summed E-state index contributed by atoms with van der Waals surface area (Å²) >= 11 is 0. The quantitative estimate of drug-likeness (QED) is 0.412. The van der Waals surface area contributed by atoms with Crippen molar-refractivity contribution in [1.29, 1.82) is 0 Å². The third kappa shape index (κ3) is 5.68. The fourth-order valence-corrected chi connectivity index (χ4v) is 2.66. The van der Waals surface area contributed by atoms with Gasteiger partial charge < -0.3 is 15.2 Å². The van der Waals surface area contributed by atoms with Gasteiger partial charge in [-0.05, 0) is 47.5 Å². The minimum atomic E-state index is -0.599. The minimum absolute atomic E-state index is 0.275. The van der Waals surface area contributed by atoms with Crippen LogP contribution < -0.4 is 20.6 Å². The topological polar surface area (TPSA) is 121 Å². The van der Waals surface area contributed by atoms with Crippen LogP contribution in [0.4, 0.5) is 0 Å². The van der Waals surface area contributed by atoms with Crippen LogP contribution in [0.3, 0.4) is 0 Å². The highest BCUT2D eigenvalue weighted by molar-refractivity contribution is 5.95. The van der Waals surface area contributed by atoms with Crippen molar-refractivity contribution in [3.05, 3.63) is 77.6 Å². The first-order chi connectivity index (χ1) is 14.5. The molecule has 9 heteroatoms. The van der Waals surface area contributed by atoms with E-state index < -0.39 is 5.91 Å². The van der Waals surface area contributed by atoms with Gasteiger partial charge >= 0.3 is 0 Å². The van der Waals surface area contributed by atoms with Crippen LogP contribution in [0.15, 0.2) is 66.0 Å². The Morgan fingerprint density at radius 3 is 2.80 bits per heavy atom. The average molecular weight is 407 g/mol. The first-order valence-electron chi connectivity index (χ1n) is 9.04. The van der Waals surface area contributed by atoms with Gasteiger partial charge in [-0.25, -0.2) is 5.43 Å². The zero-order valence-electron chi connectivity index (χ0n) is 16.3. The zero-order valence-corrected chi connectivity index (χ0v) is 16.3. The van der Waals surface area contributed by atoms with Crippen molar-refractivity contribution in [3.8, 4) is 11.5 Å². The summed E-state index contributed by atoms with van der Waals surface area (Å²) in [5, 5.41) is 8.14. The molecule has 0 unspecified atom stereocenters. The predicted molar refractivity (Wildman–Crippen MR) is 111 cm³/mol. The number of aromatic nitrogens is 2. The van der Waals surface area contributed by atoms with E-state index in [-0.39, 0.29) is 12.5 Å². The number of ether oxygens (including phenoxy) is 2. The van der Waals surface area contributed by atoms with Crippen molar-refractivity contribution in [1.82, 2.24) is 15.2 Å². The minimum Gasteiger partial charge on any atom is -0.493 e. The van der Waals surface area contributed by atoms with Gasteiger partial charge in [0, 0.05) is 18.0 Å². The lowest BCUT2D eigenvalue weighted by Crippen LogP contribution is -2.20. The zero-order chi connectivity index (χ0) is 21.3. The van der Waals surface area contributed by atoms with Crippen LogP contribution in [0.1, 0.15) is 21.5 Å². The number of benzene rings is 2.